The van der Waals surface area contributed by atoms with E-state index in [0.717, 1.165) is 61.7 Å². The minimum absolute atomic E-state index is 0.0396. The third-order valence-corrected chi connectivity index (χ3v) is 9.93. The lowest BCUT2D eigenvalue weighted by Crippen LogP contribution is -2.50. The number of hydrogen-bond donors (Lipinski definition) is 1. The van der Waals surface area contributed by atoms with Crippen LogP contribution in [0.4, 0.5) is 4.39 Å². The van der Waals surface area contributed by atoms with Crippen LogP contribution < -0.4 is 5.73 Å². The molecule has 2 N–H and O–H groups in total. The average Bonchev–Trinajstić information content (AvgIpc) is 3.13. The van der Waals surface area contributed by atoms with Gasteiger partial charge in [0.05, 0.1) is 0 Å². The summed E-state index contributed by atoms with van der Waals surface area (Å²) in [6, 6.07) is 8.42. The Bertz CT molecular complexity index is 1270. The molecule has 37 heavy (non-hydrogen) atoms. The number of rotatable bonds is 3. The summed E-state index contributed by atoms with van der Waals surface area (Å²) in [5.41, 5.74) is 9.53. The lowest BCUT2D eigenvalue weighted by atomic mass is 9.47. The molecule has 0 radical (unpaired) electrons. The van der Waals surface area contributed by atoms with Crippen LogP contribution in [-0.2, 0) is 14.3 Å². The number of fused-ring (bicyclic) bond motifs is 5. The smallest absolute Gasteiger partial charge is 0.302 e. The molecule has 3 saturated carbocycles. The molecule has 6 atom stereocenters. The van der Waals surface area contributed by atoms with Crippen molar-refractivity contribution in [2.75, 3.05) is 0 Å². The van der Waals surface area contributed by atoms with Crippen molar-refractivity contribution in [3.8, 4) is 6.07 Å². The Morgan fingerprint density at radius 3 is 2.46 bits per heavy atom. The first-order valence-corrected chi connectivity index (χ1v) is 13.3. The van der Waals surface area contributed by atoms with Gasteiger partial charge in [0.1, 0.15) is 23.6 Å². The fourth-order valence-corrected chi connectivity index (χ4v) is 8.25. The molecule has 4 aliphatic rings. The number of allylic oxidation sites excluding steroid dienone is 3. The van der Waals surface area contributed by atoms with Gasteiger partial charge in [0.2, 0.25) is 0 Å². The maximum atomic E-state index is 13.5. The average molecular weight is 503 g/mol. The van der Waals surface area contributed by atoms with Gasteiger partial charge in [-0.2, -0.15) is 5.26 Å². The van der Waals surface area contributed by atoms with Gasteiger partial charge in [-0.1, -0.05) is 43.7 Å². The van der Waals surface area contributed by atoms with Crippen LogP contribution >= 0.6 is 0 Å². The molecule has 1 aromatic carbocycles. The Labute approximate surface area is 218 Å². The number of amides is 1. The highest BCUT2D eigenvalue weighted by Gasteiger charge is 2.59. The van der Waals surface area contributed by atoms with Gasteiger partial charge in [0.25, 0.3) is 5.91 Å². The maximum Gasteiger partial charge on any atom is 0.302 e. The molecule has 3 fully saturated rings. The summed E-state index contributed by atoms with van der Waals surface area (Å²) in [6.07, 6.45) is 10.6. The van der Waals surface area contributed by atoms with Crippen molar-refractivity contribution in [2.45, 2.75) is 71.8 Å². The van der Waals surface area contributed by atoms with Crippen LogP contribution in [0, 0.1) is 45.7 Å². The van der Waals surface area contributed by atoms with Crippen molar-refractivity contribution in [3.05, 3.63) is 64.0 Å². The van der Waals surface area contributed by atoms with E-state index in [9.17, 15) is 19.2 Å². The summed E-state index contributed by atoms with van der Waals surface area (Å²) in [4.78, 5) is 24.0. The molecular weight excluding hydrogens is 467 g/mol. The lowest BCUT2D eigenvalue weighted by molar-refractivity contribution is -0.148. The summed E-state index contributed by atoms with van der Waals surface area (Å²) in [7, 11) is 0. The predicted molar refractivity (Wildman–Crippen MR) is 139 cm³/mol. The third kappa shape index (κ3) is 4.23. The first-order chi connectivity index (χ1) is 17.6. The summed E-state index contributed by atoms with van der Waals surface area (Å²) in [5.74, 6) is -0.0207. The summed E-state index contributed by atoms with van der Waals surface area (Å²) >= 11 is 0. The van der Waals surface area contributed by atoms with Gasteiger partial charge in [-0.3, -0.25) is 9.59 Å². The number of nitrogens with two attached hydrogens (primary N) is 1. The van der Waals surface area contributed by atoms with Gasteiger partial charge in [-0.05, 0) is 96.0 Å². The minimum atomic E-state index is -0.687. The Morgan fingerprint density at radius 1 is 1.11 bits per heavy atom. The quantitative estimate of drug-likeness (QED) is 0.237. The van der Waals surface area contributed by atoms with E-state index in [-0.39, 0.29) is 40.2 Å². The lowest BCUT2D eigenvalue weighted by Gasteiger charge is -2.57. The summed E-state index contributed by atoms with van der Waals surface area (Å²) in [5, 5.41) is 9.97. The van der Waals surface area contributed by atoms with Crippen LogP contribution in [0.25, 0.3) is 6.08 Å². The van der Waals surface area contributed by atoms with Crippen molar-refractivity contribution in [1.29, 1.82) is 5.26 Å². The number of nitriles is 1. The number of nitrogens with zero attached hydrogens (tertiary/aromatic N) is 1. The zero-order valence-electron chi connectivity index (χ0n) is 21.9. The molecule has 6 heteroatoms. The third-order valence-electron chi connectivity index (χ3n) is 9.93. The highest BCUT2D eigenvalue weighted by atomic mass is 19.1. The monoisotopic (exact) mass is 502 g/mol. The molecule has 1 aromatic rings. The first kappa shape index (κ1) is 25.4. The van der Waals surface area contributed by atoms with Gasteiger partial charge in [0, 0.05) is 13.3 Å². The molecule has 0 bridgehead atoms. The molecule has 0 heterocycles. The molecule has 0 aromatic heterocycles. The molecule has 1 amide bonds. The first-order valence-electron chi connectivity index (χ1n) is 13.3. The van der Waals surface area contributed by atoms with Crippen molar-refractivity contribution in [2.24, 2.45) is 34.3 Å². The van der Waals surface area contributed by atoms with Crippen molar-refractivity contribution < 1.29 is 18.7 Å². The van der Waals surface area contributed by atoms with Crippen LogP contribution in [-0.4, -0.2) is 18.0 Å². The van der Waals surface area contributed by atoms with Crippen LogP contribution in [0.1, 0.15) is 71.3 Å². The van der Waals surface area contributed by atoms with Crippen LogP contribution in [0.3, 0.4) is 0 Å². The largest absolute Gasteiger partial charge is 0.462 e. The van der Waals surface area contributed by atoms with Crippen molar-refractivity contribution in [3.63, 3.8) is 0 Å². The number of halogens is 1. The van der Waals surface area contributed by atoms with E-state index in [4.69, 9.17) is 10.5 Å². The molecule has 0 saturated heterocycles. The zero-order chi connectivity index (χ0) is 26.5. The Kier molecular flexibility index (Phi) is 6.38. The van der Waals surface area contributed by atoms with Crippen molar-refractivity contribution >= 4 is 18.0 Å². The second-order valence-electron chi connectivity index (χ2n) is 11.8. The topological polar surface area (TPSA) is 93.2 Å². The van der Waals surface area contributed by atoms with E-state index >= 15 is 0 Å². The summed E-state index contributed by atoms with van der Waals surface area (Å²) < 4.78 is 19.1. The number of ether oxygens (including phenoxy) is 1. The highest BCUT2D eigenvalue weighted by molar-refractivity contribution is 5.98. The van der Waals surface area contributed by atoms with Crippen LogP contribution in [0.5, 0.6) is 0 Å². The number of carbonyl (C=O) groups is 2. The maximum absolute atomic E-state index is 13.5. The molecule has 4 aliphatic carbocycles. The molecule has 0 spiro atoms. The van der Waals surface area contributed by atoms with E-state index in [0.29, 0.717) is 11.8 Å². The van der Waals surface area contributed by atoms with Crippen LogP contribution in [0.2, 0.25) is 0 Å². The van der Waals surface area contributed by atoms with E-state index in [1.807, 2.05) is 6.08 Å². The van der Waals surface area contributed by atoms with E-state index in [1.165, 1.54) is 24.6 Å². The molecule has 194 valence electrons. The number of carbonyl (C=O) groups excluding carboxylic acids is 2. The van der Waals surface area contributed by atoms with Gasteiger partial charge in [-0.15, -0.1) is 0 Å². The van der Waals surface area contributed by atoms with E-state index < -0.39 is 5.91 Å². The number of esters is 1. The van der Waals surface area contributed by atoms with Crippen molar-refractivity contribution in [1.82, 2.24) is 0 Å². The fourth-order valence-electron chi connectivity index (χ4n) is 8.25. The normalized spacial score (nSPS) is 36.9. The standard InChI is InChI=1S/C31H35FN2O3/c1-18(35)37-23-10-12-30(2)21(16-23)6-9-24-26(30)11-13-31(3)27(24)15-20(28(31)25(17-33)29(34)36)14-19-4-7-22(32)8-5-19/h4-8,14,23-24,26-27H,9-13,15-16H2,1-3H3,(H2,34,36)/b20-14+,28-25+/t23-,24?,26?,27?,30-,31-/m0/s1. The van der Waals surface area contributed by atoms with Gasteiger partial charge < -0.3 is 10.5 Å². The molecule has 5 nitrogen and oxygen atoms in total. The van der Waals surface area contributed by atoms with E-state index in [2.05, 4.69) is 26.0 Å². The highest BCUT2D eigenvalue weighted by Crippen LogP contribution is 2.67. The fraction of sp³-hybridized carbons (Fsp3) is 0.516. The second-order valence-corrected chi connectivity index (χ2v) is 11.8. The van der Waals surface area contributed by atoms with Gasteiger partial charge in [0.15, 0.2) is 0 Å². The Morgan fingerprint density at radius 2 is 1.81 bits per heavy atom. The summed E-state index contributed by atoms with van der Waals surface area (Å²) in [6.45, 7) is 6.06. The Balaban J connectivity index is 1.54. The van der Waals surface area contributed by atoms with Gasteiger partial charge >= 0.3 is 5.97 Å². The van der Waals surface area contributed by atoms with Gasteiger partial charge in [-0.25, -0.2) is 4.39 Å². The Hall–Kier alpha value is -3.20. The van der Waals surface area contributed by atoms with E-state index in [1.54, 1.807) is 12.1 Å². The molecule has 0 aliphatic heterocycles. The SMILES string of the molecule is CC(=O)O[C@H]1CC[C@@]2(C)C(=CCC3C2CC[C@]2(C)C(=C(\C#N)C(N)=O)/C(=C/c4ccc(F)cc4)CC32)C1. The molecular formula is C31H35FN2O3. The predicted octanol–water partition coefficient (Wildman–Crippen LogP) is 6.02. The molecule has 3 unspecified atom stereocenters. The number of benzene rings is 1. The second kappa shape index (κ2) is 9.28. The zero-order valence-corrected chi connectivity index (χ0v) is 21.9. The number of hydrogen-bond acceptors (Lipinski definition) is 4. The van der Waals surface area contributed by atoms with Crippen LogP contribution in [0.15, 0.2) is 52.6 Å². The minimum Gasteiger partial charge on any atom is -0.462 e. The number of primary amides is 1. The molecule has 5 rings (SSSR count).